The van der Waals surface area contributed by atoms with Gasteiger partial charge in [0.25, 0.3) is 0 Å². The highest BCUT2D eigenvalue weighted by Gasteiger charge is 2.44. The van der Waals surface area contributed by atoms with Crippen molar-refractivity contribution in [3.8, 4) is 0 Å². The van der Waals surface area contributed by atoms with Crippen molar-refractivity contribution in [2.75, 3.05) is 34.4 Å². The summed E-state index contributed by atoms with van der Waals surface area (Å²) in [5.74, 6) is -3.19. The number of amides is 4. The van der Waals surface area contributed by atoms with E-state index in [2.05, 4.69) is 16.0 Å². The van der Waals surface area contributed by atoms with Crippen molar-refractivity contribution < 1.29 is 38.6 Å². The van der Waals surface area contributed by atoms with Gasteiger partial charge >= 0.3 is 5.97 Å². The Bertz CT molecular complexity index is 1350. The van der Waals surface area contributed by atoms with Gasteiger partial charge in [-0.3, -0.25) is 19.2 Å². The molecule has 1 aromatic carbocycles. The van der Waals surface area contributed by atoms with Gasteiger partial charge in [0.05, 0.1) is 42.2 Å². The van der Waals surface area contributed by atoms with Gasteiger partial charge in [-0.25, -0.2) is 4.79 Å². The molecule has 2 aliphatic heterocycles. The topological polar surface area (TPSA) is 167 Å². The number of carbonyl (C=O) groups is 5. The number of carboxylic acids is 1. The van der Waals surface area contributed by atoms with Crippen LogP contribution in [0.5, 0.6) is 0 Å². The molecular formula is C39H63N5O8. The van der Waals surface area contributed by atoms with Crippen LogP contribution in [0.4, 0.5) is 0 Å². The van der Waals surface area contributed by atoms with Crippen LogP contribution in [0.15, 0.2) is 30.3 Å². The van der Waals surface area contributed by atoms with Gasteiger partial charge in [-0.15, -0.1) is 0 Å². The molecule has 2 aliphatic rings. The van der Waals surface area contributed by atoms with Crippen molar-refractivity contribution in [1.82, 2.24) is 25.8 Å². The lowest BCUT2D eigenvalue weighted by Crippen LogP contribution is -2.61. The molecule has 2 saturated heterocycles. The van der Waals surface area contributed by atoms with Gasteiger partial charge in [0.1, 0.15) is 12.1 Å². The number of rotatable bonds is 19. The lowest BCUT2D eigenvalue weighted by molar-refractivity contribution is -0.148. The summed E-state index contributed by atoms with van der Waals surface area (Å²) in [7, 11) is 4.76. The third-order valence-corrected chi connectivity index (χ3v) is 11.2. The first-order chi connectivity index (χ1) is 24.6. The van der Waals surface area contributed by atoms with Gasteiger partial charge in [0.2, 0.25) is 23.6 Å². The summed E-state index contributed by atoms with van der Waals surface area (Å²) in [5, 5.41) is 18.8. The largest absolute Gasteiger partial charge is 0.480 e. The average molecular weight is 730 g/mol. The van der Waals surface area contributed by atoms with Crippen LogP contribution in [0.25, 0.3) is 0 Å². The van der Waals surface area contributed by atoms with Gasteiger partial charge < -0.3 is 40.3 Å². The first kappa shape index (κ1) is 42.9. The number of likely N-dealkylation sites (N-methyl/N-ethyl adjacent to an activating group) is 1. The van der Waals surface area contributed by atoms with E-state index in [0.29, 0.717) is 25.8 Å². The molecule has 0 bridgehead atoms. The van der Waals surface area contributed by atoms with Gasteiger partial charge in [-0.1, -0.05) is 71.4 Å². The van der Waals surface area contributed by atoms with Gasteiger partial charge in [-0.2, -0.15) is 0 Å². The summed E-state index contributed by atoms with van der Waals surface area (Å²) in [4.78, 5) is 70.5. The molecule has 2 fully saturated rings. The van der Waals surface area contributed by atoms with Crippen LogP contribution in [0.1, 0.15) is 85.6 Å². The Morgan fingerprint density at radius 1 is 1.04 bits per heavy atom. The quantitative estimate of drug-likeness (QED) is 0.168. The molecule has 52 heavy (non-hydrogen) atoms. The molecule has 0 spiro atoms. The Labute approximate surface area is 309 Å². The summed E-state index contributed by atoms with van der Waals surface area (Å²) >= 11 is 0. The predicted molar refractivity (Wildman–Crippen MR) is 198 cm³/mol. The molecular weight excluding hydrogens is 666 g/mol. The molecule has 292 valence electrons. The second-order valence-electron chi connectivity index (χ2n) is 15.2. The van der Waals surface area contributed by atoms with Crippen molar-refractivity contribution in [1.29, 1.82) is 0 Å². The number of nitrogens with one attached hydrogen (secondary N) is 3. The SMILES string of the molecule is CCC(C)C(C(CC(=O)N1CCC[C@H]1C(OC)C(C)C(=O)NC(Cc1ccccc1)C(=O)O)OC)N(C)C(=O)C(NC(=O)[C@]1(C)CCCN1)C(C)C. The van der Waals surface area contributed by atoms with E-state index in [9.17, 15) is 29.1 Å². The van der Waals surface area contributed by atoms with Crippen LogP contribution in [-0.2, 0) is 39.9 Å². The number of aliphatic carboxylic acids is 1. The Morgan fingerprint density at radius 3 is 2.25 bits per heavy atom. The minimum Gasteiger partial charge on any atom is -0.480 e. The molecule has 2 heterocycles. The number of methoxy groups -OCH3 is 2. The minimum absolute atomic E-state index is 0.00447. The monoisotopic (exact) mass is 729 g/mol. The van der Waals surface area contributed by atoms with Crippen molar-refractivity contribution >= 4 is 29.6 Å². The van der Waals surface area contributed by atoms with Crippen molar-refractivity contribution in [2.45, 2.75) is 128 Å². The summed E-state index contributed by atoms with van der Waals surface area (Å²) in [5.41, 5.74) is 0.0588. The van der Waals surface area contributed by atoms with Gasteiger partial charge in [0, 0.05) is 34.2 Å². The van der Waals surface area contributed by atoms with E-state index in [1.807, 2.05) is 65.0 Å². The van der Waals surface area contributed by atoms with Gasteiger partial charge in [-0.05, 0) is 56.6 Å². The molecule has 4 N–H and O–H groups in total. The fourth-order valence-corrected chi connectivity index (χ4v) is 7.78. The Kier molecular flexibility index (Phi) is 16.1. The minimum atomic E-state index is -1.14. The molecule has 4 amide bonds. The number of hydrogen-bond donors (Lipinski definition) is 4. The number of carboxylic acid groups (broad SMARTS) is 1. The molecule has 7 unspecified atom stereocenters. The highest BCUT2D eigenvalue weighted by Crippen LogP contribution is 2.30. The van der Waals surface area contributed by atoms with E-state index in [1.54, 1.807) is 30.9 Å². The Balaban J connectivity index is 1.76. The lowest BCUT2D eigenvalue weighted by atomic mass is 9.89. The van der Waals surface area contributed by atoms with E-state index in [1.165, 1.54) is 7.11 Å². The molecule has 13 nitrogen and oxygen atoms in total. The second-order valence-corrected chi connectivity index (χ2v) is 15.2. The highest BCUT2D eigenvalue weighted by molar-refractivity contribution is 5.92. The molecule has 1 aromatic rings. The first-order valence-electron chi connectivity index (χ1n) is 18.8. The van der Waals surface area contributed by atoms with Crippen LogP contribution in [-0.4, -0.2) is 121 Å². The number of hydrogen-bond acceptors (Lipinski definition) is 8. The zero-order valence-electron chi connectivity index (χ0n) is 32.6. The first-order valence-corrected chi connectivity index (χ1v) is 18.8. The number of carbonyl (C=O) groups excluding carboxylic acids is 4. The smallest absolute Gasteiger partial charge is 0.326 e. The molecule has 0 saturated carbocycles. The van der Waals surface area contributed by atoms with Crippen molar-refractivity contribution in [3.05, 3.63) is 35.9 Å². The van der Waals surface area contributed by atoms with E-state index in [0.717, 1.165) is 24.9 Å². The highest BCUT2D eigenvalue weighted by atomic mass is 16.5. The lowest BCUT2D eigenvalue weighted by Gasteiger charge is -2.41. The normalized spacial score (nSPS) is 22.9. The van der Waals surface area contributed by atoms with E-state index in [4.69, 9.17) is 9.47 Å². The Morgan fingerprint density at radius 2 is 1.71 bits per heavy atom. The second kappa shape index (κ2) is 19.5. The van der Waals surface area contributed by atoms with Crippen LogP contribution in [0.3, 0.4) is 0 Å². The summed E-state index contributed by atoms with van der Waals surface area (Å²) in [6, 6.07) is 6.34. The van der Waals surface area contributed by atoms with Crippen LogP contribution in [0, 0.1) is 17.8 Å². The Hall–Kier alpha value is -3.55. The standard InChI is InChI=1S/C39H63N5O8/c1-10-25(4)33(43(7)36(47)32(24(2)3)42-38(50)39(6)19-15-20-40-39)30(51-8)23-31(45)44-21-14-18-29(44)34(52-9)26(5)35(46)41-28(37(48)49)22-27-16-12-11-13-17-27/h11-13,16-17,24-26,28-30,32-34,40H,10,14-15,18-23H2,1-9H3,(H,41,46)(H,42,50)(H,48,49)/t25?,26?,28?,29-,30?,32?,33?,34?,39-/m0/s1. The predicted octanol–water partition coefficient (Wildman–Crippen LogP) is 3.00. The maximum Gasteiger partial charge on any atom is 0.326 e. The molecule has 0 aromatic heterocycles. The van der Waals surface area contributed by atoms with E-state index < -0.39 is 59.7 Å². The third-order valence-electron chi connectivity index (χ3n) is 11.2. The summed E-state index contributed by atoms with van der Waals surface area (Å²) in [6.07, 6.45) is 2.43. The third kappa shape index (κ3) is 10.5. The average Bonchev–Trinajstić information content (AvgIpc) is 3.80. The fourth-order valence-electron chi connectivity index (χ4n) is 7.78. The molecule has 0 aliphatic carbocycles. The van der Waals surface area contributed by atoms with E-state index in [-0.39, 0.29) is 42.4 Å². The number of likely N-dealkylation sites (tertiary alicyclic amines) is 1. The number of benzene rings is 1. The summed E-state index contributed by atoms with van der Waals surface area (Å²) in [6.45, 7) is 12.6. The van der Waals surface area contributed by atoms with Crippen molar-refractivity contribution in [3.63, 3.8) is 0 Å². The molecule has 3 rings (SSSR count). The van der Waals surface area contributed by atoms with Crippen molar-refractivity contribution in [2.24, 2.45) is 17.8 Å². The molecule has 9 atom stereocenters. The van der Waals surface area contributed by atoms with Gasteiger partial charge in [0.15, 0.2) is 0 Å². The number of ether oxygens (including phenoxy) is 2. The molecule has 13 heteroatoms. The maximum atomic E-state index is 14.2. The summed E-state index contributed by atoms with van der Waals surface area (Å²) < 4.78 is 11.8. The maximum absolute atomic E-state index is 14.2. The zero-order valence-corrected chi connectivity index (χ0v) is 32.6. The van der Waals surface area contributed by atoms with Crippen LogP contribution >= 0.6 is 0 Å². The zero-order chi connectivity index (χ0) is 38.7. The van der Waals surface area contributed by atoms with E-state index >= 15 is 0 Å². The van der Waals surface area contributed by atoms with Crippen LogP contribution < -0.4 is 16.0 Å². The number of nitrogens with zero attached hydrogens (tertiary/aromatic N) is 2. The fraction of sp³-hybridized carbons (Fsp3) is 0.718. The van der Waals surface area contributed by atoms with Crippen LogP contribution in [0.2, 0.25) is 0 Å². The molecule has 0 radical (unpaired) electrons.